The molecule has 116 valence electrons. The largest absolute Gasteiger partial charge is 0.490 e. The van der Waals surface area contributed by atoms with E-state index >= 15 is 0 Å². The fourth-order valence-corrected chi connectivity index (χ4v) is 3.34. The Morgan fingerprint density at radius 1 is 1.38 bits per heavy atom. The lowest BCUT2D eigenvalue weighted by molar-refractivity contribution is 0.189. The minimum absolute atomic E-state index is 0.559. The van der Waals surface area contributed by atoms with Crippen molar-refractivity contribution in [2.75, 3.05) is 33.9 Å². The van der Waals surface area contributed by atoms with E-state index in [-0.39, 0.29) is 0 Å². The minimum Gasteiger partial charge on any atom is -0.490 e. The molecule has 0 amide bonds. The van der Waals surface area contributed by atoms with Crippen LogP contribution in [0.5, 0.6) is 5.75 Å². The molecular formula is C17H26N2O2. The van der Waals surface area contributed by atoms with Gasteiger partial charge in [-0.1, -0.05) is 0 Å². The first-order valence-corrected chi connectivity index (χ1v) is 8.05. The molecule has 2 aliphatic rings. The van der Waals surface area contributed by atoms with E-state index in [1.54, 1.807) is 7.11 Å². The van der Waals surface area contributed by atoms with Gasteiger partial charge in [-0.2, -0.15) is 0 Å². The molecule has 1 aromatic rings. The monoisotopic (exact) mass is 290 g/mol. The van der Waals surface area contributed by atoms with Crippen molar-refractivity contribution in [1.29, 1.82) is 0 Å². The Balaban J connectivity index is 1.52. The van der Waals surface area contributed by atoms with Crippen LogP contribution in [0.3, 0.4) is 0 Å². The number of methoxy groups -OCH3 is 1. The number of rotatable bonds is 7. The van der Waals surface area contributed by atoms with E-state index in [1.807, 2.05) is 12.4 Å². The smallest absolute Gasteiger partial charge is 0.137 e. The molecule has 0 N–H and O–H groups in total. The highest BCUT2D eigenvalue weighted by Gasteiger charge is 2.38. The zero-order valence-corrected chi connectivity index (χ0v) is 13.1. The van der Waals surface area contributed by atoms with Crippen molar-refractivity contribution in [1.82, 2.24) is 9.88 Å². The van der Waals surface area contributed by atoms with Crippen molar-refractivity contribution in [2.24, 2.45) is 5.92 Å². The molecule has 2 fully saturated rings. The van der Waals surface area contributed by atoms with Crippen LogP contribution in [0.15, 0.2) is 18.5 Å². The first-order chi connectivity index (χ1) is 10.3. The van der Waals surface area contributed by atoms with E-state index in [0.29, 0.717) is 12.0 Å². The number of hydrogen-bond donors (Lipinski definition) is 0. The summed E-state index contributed by atoms with van der Waals surface area (Å²) in [5.74, 6) is 2.35. The van der Waals surface area contributed by atoms with Gasteiger partial charge in [-0.25, -0.2) is 0 Å². The third kappa shape index (κ3) is 3.74. The third-order valence-corrected chi connectivity index (χ3v) is 4.89. The van der Waals surface area contributed by atoms with Crippen molar-refractivity contribution < 1.29 is 9.47 Å². The van der Waals surface area contributed by atoms with Crippen molar-refractivity contribution >= 4 is 0 Å². The van der Waals surface area contributed by atoms with Crippen LogP contribution in [0.25, 0.3) is 0 Å². The Labute approximate surface area is 127 Å². The fourth-order valence-electron chi connectivity index (χ4n) is 3.34. The second-order valence-corrected chi connectivity index (χ2v) is 6.43. The fraction of sp³-hybridized carbons (Fsp3) is 0.706. The van der Waals surface area contributed by atoms with Crippen molar-refractivity contribution in [3.05, 3.63) is 24.0 Å². The van der Waals surface area contributed by atoms with Crippen LogP contribution in [0, 0.1) is 5.92 Å². The minimum atomic E-state index is 0.559. The molecule has 1 aliphatic heterocycles. The molecular weight excluding hydrogens is 264 g/mol. The Bertz CT molecular complexity index is 466. The number of likely N-dealkylation sites (N-methyl/N-ethyl adjacent to an activating group) is 1. The molecule has 1 saturated carbocycles. The standard InChI is InChI=1S/C17H26N2O2/c1-19-6-3-4-15(19)12-21-16-8-14(10-18-11-16)17-9-13(17)5-7-20-2/h8,10-11,13,15,17H,3-7,9,12H2,1-2H3/t13-,15+,17+/m1/s1. The van der Waals surface area contributed by atoms with E-state index in [0.717, 1.165) is 31.3 Å². The van der Waals surface area contributed by atoms with Crippen LogP contribution in [0.2, 0.25) is 0 Å². The average molecular weight is 290 g/mol. The molecule has 0 radical (unpaired) electrons. The molecule has 21 heavy (non-hydrogen) atoms. The van der Waals surface area contributed by atoms with Crippen LogP contribution < -0.4 is 4.74 Å². The molecule has 4 heteroatoms. The third-order valence-electron chi connectivity index (χ3n) is 4.89. The lowest BCUT2D eigenvalue weighted by Crippen LogP contribution is -2.30. The Morgan fingerprint density at radius 2 is 2.29 bits per heavy atom. The van der Waals surface area contributed by atoms with E-state index in [9.17, 15) is 0 Å². The lowest BCUT2D eigenvalue weighted by atomic mass is 10.1. The van der Waals surface area contributed by atoms with Crippen LogP contribution >= 0.6 is 0 Å². The Morgan fingerprint density at radius 3 is 3.05 bits per heavy atom. The summed E-state index contributed by atoms with van der Waals surface area (Å²) in [6, 6.07) is 2.74. The van der Waals surface area contributed by atoms with Crippen molar-refractivity contribution in [3.8, 4) is 5.75 Å². The summed E-state index contributed by atoms with van der Waals surface area (Å²) >= 11 is 0. The van der Waals surface area contributed by atoms with Crippen molar-refractivity contribution in [2.45, 2.75) is 37.6 Å². The van der Waals surface area contributed by atoms with E-state index in [2.05, 4.69) is 23.0 Å². The molecule has 3 atom stereocenters. The number of ether oxygens (including phenoxy) is 2. The van der Waals surface area contributed by atoms with Crippen molar-refractivity contribution in [3.63, 3.8) is 0 Å². The maximum Gasteiger partial charge on any atom is 0.137 e. The van der Waals surface area contributed by atoms with Gasteiger partial charge < -0.3 is 14.4 Å². The molecule has 2 heterocycles. The number of pyridine rings is 1. The predicted octanol–water partition coefficient (Wildman–Crippen LogP) is 2.69. The van der Waals surface area contributed by atoms with Gasteiger partial charge in [0.2, 0.25) is 0 Å². The Hall–Kier alpha value is -1.13. The summed E-state index contributed by atoms with van der Waals surface area (Å²) in [5.41, 5.74) is 1.33. The highest BCUT2D eigenvalue weighted by atomic mass is 16.5. The van der Waals surface area contributed by atoms with Gasteiger partial charge in [-0.15, -0.1) is 0 Å². The quantitative estimate of drug-likeness (QED) is 0.773. The number of hydrogen-bond acceptors (Lipinski definition) is 4. The molecule has 1 aliphatic carbocycles. The first kappa shape index (κ1) is 14.8. The van der Waals surface area contributed by atoms with Gasteiger partial charge in [-0.05, 0) is 62.7 Å². The van der Waals surface area contributed by atoms with Gasteiger partial charge >= 0.3 is 0 Å². The van der Waals surface area contributed by atoms with Gasteiger partial charge in [0, 0.05) is 26.0 Å². The maximum atomic E-state index is 5.97. The Kier molecular flexibility index (Phi) is 4.76. The number of likely N-dealkylation sites (tertiary alicyclic amines) is 1. The summed E-state index contributed by atoms with van der Waals surface area (Å²) < 4.78 is 11.1. The van der Waals surface area contributed by atoms with Gasteiger partial charge in [0.15, 0.2) is 0 Å². The molecule has 0 aromatic carbocycles. The summed E-state index contributed by atoms with van der Waals surface area (Å²) in [5, 5.41) is 0. The zero-order valence-electron chi connectivity index (χ0n) is 13.1. The van der Waals surface area contributed by atoms with E-state index in [4.69, 9.17) is 9.47 Å². The molecule has 0 bridgehead atoms. The number of aromatic nitrogens is 1. The van der Waals surface area contributed by atoms with Gasteiger partial charge in [0.1, 0.15) is 12.4 Å². The molecule has 1 aromatic heterocycles. The lowest BCUT2D eigenvalue weighted by Gasteiger charge is -2.19. The first-order valence-electron chi connectivity index (χ1n) is 8.05. The summed E-state index contributed by atoms with van der Waals surface area (Å²) in [7, 11) is 3.95. The van der Waals surface area contributed by atoms with Crippen LogP contribution in [0.1, 0.15) is 37.2 Å². The van der Waals surface area contributed by atoms with Crippen LogP contribution in [-0.4, -0.2) is 49.8 Å². The summed E-state index contributed by atoms with van der Waals surface area (Å²) in [6.45, 7) is 2.83. The summed E-state index contributed by atoms with van der Waals surface area (Å²) in [4.78, 5) is 6.74. The van der Waals surface area contributed by atoms with Crippen LogP contribution in [0.4, 0.5) is 0 Å². The second-order valence-electron chi connectivity index (χ2n) is 6.43. The average Bonchev–Trinajstić information content (AvgIpc) is 3.17. The maximum absolute atomic E-state index is 5.97. The molecule has 4 nitrogen and oxygen atoms in total. The normalized spacial score (nSPS) is 28.8. The SMILES string of the molecule is COCC[C@@H]1C[C@@H]1c1cncc(OC[C@@H]2CCCN2C)c1. The topological polar surface area (TPSA) is 34.6 Å². The van der Waals surface area contributed by atoms with Gasteiger partial charge in [0.25, 0.3) is 0 Å². The molecule has 0 spiro atoms. The van der Waals surface area contributed by atoms with Gasteiger partial charge in [-0.3, -0.25) is 4.98 Å². The molecule has 3 rings (SSSR count). The van der Waals surface area contributed by atoms with E-state index < -0.39 is 0 Å². The zero-order chi connectivity index (χ0) is 14.7. The number of nitrogens with zero attached hydrogens (tertiary/aromatic N) is 2. The van der Waals surface area contributed by atoms with E-state index in [1.165, 1.54) is 31.4 Å². The molecule has 0 unspecified atom stereocenters. The molecule has 1 saturated heterocycles. The van der Waals surface area contributed by atoms with Gasteiger partial charge in [0.05, 0.1) is 6.20 Å². The van der Waals surface area contributed by atoms with Crippen LogP contribution in [-0.2, 0) is 4.74 Å². The summed E-state index contributed by atoms with van der Waals surface area (Å²) in [6.07, 6.45) is 8.77. The second kappa shape index (κ2) is 6.75. The highest BCUT2D eigenvalue weighted by Crippen LogP contribution is 2.49. The predicted molar refractivity (Wildman–Crippen MR) is 82.7 cm³/mol. The highest BCUT2D eigenvalue weighted by molar-refractivity contribution is 5.30.